The van der Waals surface area contributed by atoms with Gasteiger partial charge in [0.25, 0.3) is 0 Å². The summed E-state index contributed by atoms with van der Waals surface area (Å²) in [5.74, 6) is 1.35. The van der Waals surface area contributed by atoms with Crippen molar-refractivity contribution in [3.05, 3.63) is 42.7 Å². The molecule has 1 saturated carbocycles. The highest BCUT2D eigenvalue weighted by Gasteiger charge is 2.31. The Kier molecular flexibility index (Phi) is 5.60. The third-order valence-corrected chi connectivity index (χ3v) is 6.20. The summed E-state index contributed by atoms with van der Waals surface area (Å²) < 4.78 is 14.8. The van der Waals surface area contributed by atoms with Crippen LogP contribution in [0.25, 0.3) is 22.0 Å². The molecule has 0 spiro atoms. The predicted molar refractivity (Wildman–Crippen MR) is 114 cm³/mol. The number of aromatic nitrogens is 3. The molecule has 0 radical (unpaired) electrons. The van der Waals surface area contributed by atoms with Gasteiger partial charge in [0, 0.05) is 30.4 Å². The predicted octanol–water partition coefficient (Wildman–Crippen LogP) is 5.14. The summed E-state index contributed by atoms with van der Waals surface area (Å²) >= 11 is 0. The Bertz CT molecular complexity index is 978. The van der Waals surface area contributed by atoms with Crippen LogP contribution in [0.15, 0.2) is 42.7 Å². The molecule has 0 aliphatic heterocycles. The summed E-state index contributed by atoms with van der Waals surface area (Å²) in [6, 6.07) is 8.98. The molecular weight excluding hydrogens is 367 g/mol. The summed E-state index contributed by atoms with van der Waals surface area (Å²) in [6.45, 7) is 2.18. The van der Waals surface area contributed by atoms with Crippen molar-refractivity contribution < 1.29 is 9.50 Å². The molecule has 0 bridgehead atoms. The van der Waals surface area contributed by atoms with Crippen LogP contribution in [0.5, 0.6) is 5.75 Å². The summed E-state index contributed by atoms with van der Waals surface area (Å²) in [6.07, 6.45) is 7.17. The fraction of sp³-hybridized carbons (Fsp3) is 0.435. The summed E-state index contributed by atoms with van der Waals surface area (Å²) in [7, 11) is 1.90. The molecule has 4 rings (SSSR count). The second kappa shape index (κ2) is 8.31. The normalized spacial score (nSPS) is 22.4. The van der Waals surface area contributed by atoms with E-state index in [-0.39, 0.29) is 11.8 Å². The molecule has 29 heavy (non-hydrogen) atoms. The highest BCUT2D eigenvalue weighted by Crippen LogP contribution is 2.34. The minimum absolute atomic E-state index is 0.138. The van der Waals surface area contributed by atoms with E-state index in [9.17, 15) is 9.50 Å². The Morgan fingerprint density at radius 2 is 2.00 bits per heavy atom. The minimum Gasteiger partial charge on any atom is -0.507 e. The van der Waals surface area contributed by atoms with Gasteiger partial charge in [0.15, 0.2) is 5.82 Å². The van der Waals surface area contributed by atoms with Gasteiger partial charge in [-0.2, -0.15) is 0 Å². The molecule has 2 heterocycles. The van der Waals surface area contributed by atoms with Crippen LogP contribution in [0.4, 0.5) is 10.2 Å². The number of nitrogens with zero attached hydrogens (tertiary/aromatic N) is 4. The second-order valence-electron chi connectivity index (χ2n) is 8.00. The first-order valence-corrected chi connectivity index (χ1v) is 10.3. The maximum Gasteiger partial charge on any atom is 0.151 e. The molecule has 0 unspecified atom stereocenters. The van der Waals surface area contributed by atoms with Crippen LogP contribution in [0.2, 0.25) is 0 Å². The molecule has 1 aromatic carbocycles. The molecule has 3 aromatic rings. The Morgan fingerprint density at radius 3 is 2.76 bits per heavy atom. The van der Waals surface area contributed by atoms with Gasteiger partial charge in [-0.1, -0.05) is 26.2 Å². The zero-order chi connectivity index (χ0) is 20.4. The lowest BCUT2D eigenvalue weighted by Crippen LogP contribution is -2.40. The number of aromatic hydroxyl groups is 1. The summed E-state index contributed by atoms with van der Waals surface area (Å²) in [5.41, 5.74) is 1.21. The van der Waals surface area contributed by atoms with Gasteiger partial charge in [-0.3, -0.25) is 4.98 Å². The van der Waals surface area contributed by atoms with Crippen molar-refractivity contribution in [2.24, 2.45) is 5.92 Å². The molecule has 2 aromatic heterocycles. The third-order valence-electron chi connectivity index (χ3n) is 6.20. The quantitative estimate of drug-likeness (QED) is 0.621. The van der Waals surface area contributed by atoms with Crippen LogP contribution in [0.3, 0.4) is 0 Å². The van der Waals surface area contributed by atoms with Crippen molar-refractivity contribution >= 4 is 16.6 Å². The zero-order valence-corrected chi connectivity index (χ0v) is 16.9. The van der Waals surface area contributed by atoms with Crippen molar-refractivity contribution in [2.75, 3.05) is 11.9 Å². The van der Waals surface area contributed by atoms with E-state index in [4.69, 9.17) is 0 Å². The third kappa shape index (κ3) is 4.02. The van der Waals surface area contributed by atoms with Crippen molar-refractivity contribution in [2.45, 2.75) is 51.2 Å². The molecule has 3 atom stereocenters. The Morgan fingerprint density at radius 1 is 1.14 bits per heavy atom. The number of pyridine rings is 1. The molecule has 1 aliphatic rings. The number of hydrogen-bond acceptors (Lipinski definition) is 5. The van der Waals surface area contributed by atoms with Crippen molar-refractivity contribution in [3.8, 4) is 17.0 Å². The van der Waals surface area contributed by atoms with Crippen molar-refractivity contribution in [1.82, 2.24) is 15.2 Å². The van der Waals surface area contributed by atoms with E-state index in [0.717, 1.165) is 36.5 Å². The van der Waals surface area contributed by atoms with Gasteiger partial charge >= 0.3 is 0 Å². The molecule has 1 N–H and O–H groups in total. The number of benzene rings is 1. The van der Waals surface area contributed by atoms with Crippen LogP contribution >= 0.6 is 0 Å². The SMILES string of the molecule is CC[C@@H]1CCC[C@H](F)[C@H](N(C)c2ccc(-c3cc4ccncc4cc3O)nn2)C1. The molecule has 152 valence electrons. The summed E-state index contributed by atoms with van der Waals surface area (Å²) in [4.78, 5) is 6.01. The highest BCUT2D eigenvalue weighted by atomic mass is 19.1. The maximum absolute atomic E-state index is 14.8. The van der Waals surface area contributed by atoms with Crippen LogP contribution < -0.4 is 4.90 Å². The van der Waals surface area contributed by atoms with Gasteiger partial charge < -0.3 is 10.0 Å². The minimum atomic E-state index is -0.851. The largest absolute Gasteiger partial charge is 0.507 e. The van der Waals surface area contributed by atoms with Gasteiger partial charge in [0.2, 0.25) is 0 Å². The first-order valence-electron chi connectivity index (χ1n) is 10.3. The Balaban J connectivity index is 1.59. The molecule has 1 fully saturated rings. The molecule has 6 heteroatoms. The van der Waals surface area contributed by atoms with Crippen LogP contribution in [-0.2, 0) is 0 Å². The van der Waals surface area contributed by atoms with Crippen molar-refractivity contribution in [3.63, 3.8) is 0 Å². The van der Waals surface area contributed by atoms with Crippen LogP contribution in [-0.4, -0.2) is 39.5 Å². The monoisotopic (exact) mass is 394 g/mol. The zero-order valence-electron chi connectivity index (χ0n) is 16.9. The van der Waals surface area contributed by atoms with Gasteiger partial charge in [-0.15, -0.1) is 10.2 Å². The first-order chi connectivity index (χ1) is 14.1. The topological polar surface area (TPSA) is 62.1 Å². The van der Waals surface area contributed by atoms with E-state index in [1.54, 1.807) is 18.5 Å². The first kappa shape index (κ1) is 19.6. The number of rotatable bonds is 4. The molecular formula is C23H27FN4O. The number of alkyl halides is 1. The van der Waals surface area contributed by atoms with Crippen LogP contribution in [0, 0.1) is 5.92 Å². The molecule has 1 aliphatic carbocycles. The average Bonchev–Trinajstić information content (AvgIpc) is 2.94. The maximum atomic E-state index is 14.8. The second-order valence-corrected chi connectivity index (χ2v) is 8.00. The van der Waals surface area contributed by atoms with Gasteiger partial charge in [0.1, 0.15) is 11.9 Å². The smallest absolute Gasteiger partial charge is 0.151 e. The van der Waals surface area contributed by atoms with E-state index >= 15 is 0 Å². The molecule has 0 amide bonds. The van der Waals surface area contributed by atoms with Crippen molar-refractivity contribution in [1.29, 1.82) is 0 Å². The molecule has 0 saturated heterocycles. The van der Waals surface area contributed by atoms with E-state index in [2.05, 4.69) is 22.1 Å². The van der Waals surface area contributed by atoms with Crippen LogP contribution in [0.1, 0.15) is 39.0 Å². The Hall–Kier alpha value is -2.76. The fourth-order valence-electron chi connectivity index (χ4n) is 4.33. The Labute approximate surface area is 170 Å². The average molecular weight is 394 g/mol. The van der Waals surface area contributed by atoms with E-state index in [0.29, 0.717) is 29.4 Å². The van der Waals surface area contributed by atoms with E-state index < -0.39 is 6.17 Å². The van der Waals surface area contributed by atoms with Gasteiger partial charge in [-0.05, 0) is 54.5 Å². The van der Waals surface area contributed by atoms with Gasteiger partial charge in [0.05, 0.1) is 11.7 Å². The number of phenolic OH excluding ortho intramolecular Hbond substituents is 1. The van der Waals surface area contributed by atoms with Gasteiger partial charge in [-0.25, -0.2) is 4.39 Å². The highest BCUT2D eigenvalue weighted by molar-refractivity contribution is 5.89. The number of fused-ring (bicyclic) bond motifs is 1. The number of anilines is 1. The summed E-state index contributed by atoms with van der Waals surface area (Å²) in [5, 5.41) is 20.9. The van der Waals surface area contributed by atoms with E-state index in [1.807, 2.05) is 36.2 Å². The number of phenols is 1. The standard InChI is InChI=1S/C23H27FN4O/c1-3-15-5-4-6-19(24)21(11-15)28(2)23-8-7-20(26-27-23)18-12-16-9-10-25-14-17(16)13-22(18)29/h7-10,12-15,19,21,29H,3-6,11H2,1-2H3/t15-,19+,21-/m1/s1. The lowest BCUT2D eigenvalue weighted by Gasteiger charge is -2.31. The molecule has 5 nitrogen and oxygen atoms in total. The lowest BCUT2D eigenvalue weighted by molar-refractivity contribution is 0.254. The number of halogens is 1. The number of hydrogen-bond donors (Lipinski definition) is 1. The van der Waals surface area contributed by atoms with E-state index in [1.165, 1.54) is 0 Å². The lowest BCUT2D eigenvalue weighted by atomic mass is 9.94. The fourth-order valence-corrected chi connectivity index (χ4v) is 4.33.